The molecule has 0 radical (unpaired) electrons. The summed E-state index contributed by atoms with van der Waals surface area (Å²) < 4.78 is 5.20. The number of methoxy groups -OCH3 is 1. The summed E-state index contributed by atoms with van der Waals surface area (Å²) in [5.74, 6) is 0.933. The SMILES string of the molecule is CCNC1CCN(C(=O)c2cccnc2OC)CC1CC. The topological polar surface area (TPSA) is 54.5 Å². The number of carbonyl (C=O) groups excluding carboxylic acids is 1. The first-order valence-corrected chi connectivity index (χ1v) is 7.72. The number of nitrogens with zero attached hydrogens (tertiary/aromatic N) is 2. The van der Waals surface area contributed by atoms with E-state index in [1.54, 1.807) is 25.4 Å². The summed E-state index contributed by atoms with van der Waals surface area (Å²) in [5.41, 5.74) is 0.553. The Balaban J connectivity index is 2.10. The molecule has 1 N–H and O–H groups in total. The fourth-order valence-electron chi connectivity index (χ4n) is 3.05. The van der Waals surface area contributed by atoms with Crippen LogP contribution in [0.5, 0.6) is 5.88 Å². The molecule has 1 saturated heterocycles. The van der Waals surface area contributed by atoms with Crippen LogP contribution in [-0.2, 0) is 0 Å². The van der Waals surface area contributed by atoms with Gasteiger partial charge in [0.2, 0.25) is 5.88 Å². The fraction of sp³-hybridized carbons (Fsp3) is 0.625. The van der Waals surface area contributed by atoms with Crippen LogP contribution in [0.25, 0.3) is 0 Å². The second kappa shape index (κ2) is 7.41. The normalized spacial score (nSPS) is 22.1. The summed E-state index contributed by atoms with van der Waals surface area (Å²) in [5, 5.41) is 3.53. The van der Waals surface area contributed by atoms with Crippen LogP contribution in [0, 0.1) is 5.92 Å². The Morgan fingerprint density at radius 2 is 2.33 bits per heavy atom. The van der Waals surface area contributed by atoms with Crippen LogP contribution in [0.4, 0.5) is 0 Å². The van der Waals surface area contributed by atoms with Crippen LogP contribution in [-0.4, -0.2) is 48.6 Å². The molecule has 2 rings (SSSR count). The Labute approximate surface area is 126 Å². The Morgan fingerprint density at radius 1 is 1.52 bits per heavy atom. The predicted molar refractivity (Wildman–Crippen MR) is 82.6 cm³/mol. The van der Waals surface area contributed by atoms with Gasteiger partial charge in [0, 0.05) is 25.3 Å². The molecule has 5 nitrogen and oxygen atoms in total. The van der Waals surface area contributed by atoms with E-state index in [-0.39, 0.29) is 5.91 Å². The van der Waals surface area contributed by atoms with E-state index < -0.39 is 0 Å². The molecule has 2 unspecified atom stereocenters. The van der Waals surface area contributed by atoms with E-state index in [1.165, 1.54) is 0 Å². The molecule has 1 aromatic rings. The molecule has 1 aromatic heterocycles. The van der Waals surface area contributed by atoms with Gasteiger partial charge in [0.25, 0.3) is 5.91 Å². The van der Waals surface area contributed by atoms with Gasteiger partial charge in [0.15, 0.2) is 0 Å². The lowest BCUT2D eigenvalue weighted by Crippen LogP contribution is -2.50. The molecular formula is C16H25N3O2. The van der Waals surface area contributed by atoms with Gasteiger partial charge in [-0.1, -0.05) is 20.3 Å². The van der Waals surface area contributed by atoms with Gasteiger partial charge in [-0.2, -0.15) is 0 Å². The van der Waals surface area contributed by atoms with Crippen molar-refractivity contribution in [3.63, 3.8) is 0 Å². The molecule has 0 bridgehead atoms. The summed E-state index contributed by atoms with van der Waals surface area (Å²) in [6.07, 6.45) is 3.72. The summed E-state index contributed by atoms with van der Waals surface area (Å²) >= 11 is 0. The minimum atomic E-state index is 0.0216. The molecule has 0 saturated carbocycles. The number of aromatic nitrogens is 1. The highest BCUT2D eigenvalue weighted by atomic mass is 16.5. The van der Waals surface area contributed by atoms with Crippen LogP contribution < -0.4 is 10.1 Å². The van der Waals surface area contributed by atoms with Crippen molar-refractivity contribution in [2.45, 2.75) is 32.7 Å². The lowest BCUT2D eigenvalue weighted by Gasteiger charge is -2.38. The number of ether oxygens (including phenoxy) is 1. The van der Waals surface area contributed by atoms with Crippen LogP contribution in [0.15, 0.2) is 18.3 Å². The van der Waals surface area contributed by atoms with Crippen LogP contribution in [0.2, 0.25) is 0 Å². The standard InChI is InChI=1S/C16H25N3O2/c1-4-12-11-19(10-8-14(12)17-5-2)16(20)13-7-6-9-18-15(13)21-3/h6-7,9,12,14,17H,4-5,8,10-11H2,1-3H3. The number of amides is 1. The summed E-state index contributed by atoms with van der Waals surface area (Å²) in [6, 6.07) is 4.07. The molecule has 0 spiro atoms. The molecule has 2 atom stereocenters. The molecule has 0 aromatic carbocycles. The van der Waals surface area contributed by atoms with E-state index >= 15 is 0 Å². The molecule has 116 valence electrons. The fourth-order valence-corrected chi connectivity index (χ4v) is 3.05. The van der Waals surface area contributed by atoms with Crippen LogP contribution in [0.3, 0.4) is 0 Å². The monoisotopic (exact) mass is 291 g/mol. The van der Waals surface area contributed by atoms with Gasteiger partial charge in [-0.25, -0.2) is 4.98 Å². The average molecular weight is 291 g/mol. The largest absolute Gasteiger partial charge is 0.480 e. The number of pyridine rings is 1. The van der Waals surface area contributed by atoms with E-state index in [0.717, 1.165) is 32.5 Å². The van der Waals surface area contributed by atoms with Crippen molar-refractivity contribution >= 4 is 5.91 Å². The number of likely N-dealkylation sites (tertiary alicyclic amines) is 1. The lowest BCUT2D eigenvalue weighted by molar-refractivity contribution is 0.0624. The maximum absolute atomic E-state index is 12.7. The van der Waals surface area contributed by atoms with Crippen molar-refractivity contribution in [1.82, 2.24) is 15.2 Å². The third-order valence-corrected chi connectivity index (χ3v) is 4.21. The van der Waals surface area contributed by atoms with Gasteiger partial charge in [-0.05, 0) is 31.0 Å². The molecule has 5 heteroatoms. The maximum Gasteiger partial charge on any atom is 0.259 e. The lowest BCUT2D eigenvalue weighted by atomic mass is 9.89. The van der Waals surface area contributed by atoms with Crippen molar-refractivity contribution < 1.29 is 9.53 Å². The maximum atomic E-state index is 12.7. The Kier molecular flexibility index (Phi) is 5.56. The molecular weight excluding hydrogens is 266 g/mol. The van der Waals surface area contributed by atoms with E-state index in [9.17, 15) is 4.79 Å². The van der Waals surface area contributed by atoms with Crippen molar-refractivity contribution in [2.75, 3.05) is 26.7 Å². The smallest absolute Gasteiger partial charge is 0.259 e. The average Bonchev–Trinajstić information content (AvgIpc) is 2.54. The molecule has 1 aliphatic heterocycles. The Morgan fingerprint density at radius 3 is 3.00 bits per heavy atom. The van der Waals surface area contributed by atoms with E-state index in [1.807, 2.05) is 4.90 Å². The second-order valence-corrected chi connectivity index (χ2v) is 5.43. The highest BCUT2D eigenvalue weighted by Gasteiger charge is 2.31. The molecule has 1 aliphatic rings. The first kappa shape index (κ1) is 15.8. The molecule has 1 amide bonds. The first-order chi connectivity index (χ1) is 10.2. The highest BCUT2D eigenvalue weighted by Crippen LogP contribution is 2.24. The van der Waals surface area contributed by atoms with E-state index in [2.05, 4.69) is 24.1 Å². The number of hydrogen-bond donors (Lipinski definition) is 1. The zero-order valence-electron chi connectivity index (χ0n) is 13.1. The second-order valence-electron chi connectivity index (χ2n) is 5.43. The predicted octanol–water partition coefficient (Wildman–Crippen LogP) is 1.94. The minimum absolute atomic E-state index is 0.0216. The van der Waals surface area contributed by atoms with Gasteiger partial charge in [-0.15, -0.1) is 0 Å². The zero-order valence-corrected chi connectivity index (χ0v) is 13.1. The van der Waals surface area contributed by atoms with Crippen LogP contribution >= 0.6 is 0 Å². The highest BCUT2D eigenvalue weighted by molar-refractivity contribution is 5.96. The Hall–Kier alpha value is -1.62. The third kappa shape index (κ3) is 3.53. The van der Waals surface area contributed by atoms with E-state index in [0.29, 0.717) is 23.4 Å². The van der Waals surface area contributed by atoms with Gasteiger partial charge in [-0.3, -0.25) is 4.79 Å². The van der Waals surface area contributed by atoms with Crippen molar-refractivity contribution in [3.05, 3.63) is 23.9 Å². The van der Waals surface area contributed by atoms with Gasteiger partial charge in [0.05, 0.1) is 7.11 Å². The minimum Gasteiger partial charge on any atom is -0.480 e. The molecule has 2 heterocycles. The van der Waals surface area contributed by atoms with Gasteiger partial charge in [0.1, 0.15) is 5.56 Å². The number of carbonyl (C=O) groups is 1. The number of hydrogen-bond acceptors (Lipinski definition) is 4. The molecule has 1 fully saturated rings. The van der Waals surface area contributed by atoms with Crippen LogP contribution in [0.1, 0.15) is 37.0 Å². The van der Waals surface area contributed by atoms with Gasteiger partial charge >= 0.3 is 0 Å². The van der Waals surface area contributed by atoms with E-state index in [4.69, 9.17) is 4.74 Å². The number of nitrogens with one attached hydrogen (secondary N) is 1. The zero-order chi connectivity index (χ0) is 15.2. The van der Waals surface area contributed by atoms with Crippen molar-refractivity contribution in [1.29, 1.82) is 0 Å². The first-order valence-electron chi connectivity index (χ1n) is 7.72. The van der Waals surface area contributed by atoms with Crippen molar-refractivity contribution in [2.24, 2.45) is 5.92 Å². The number of rotatable bonds is 5. The molecule has 21 heavy (non-hydrogen) atoms. The van der Waals surface area contributed by atoms with Gasteiger partial charge < -0.3 is 15.0 Å². The third-order valence-electron chi connectivity index (χ3n) is 4.21. The Bertz CT molecular complexity index is 478. The number of piperidine rings is 1. The molecule has 0 aliphatic carbocycles. The summed E-state index contributed by atoms with van der Waals surface area (Å²) in [4.78, 5) is 18.7. The summed E-state index contributed by atoms with van der Waals surface area (Å²) in [7, 11) is 1.55. The van der Waals surface area contributed by atoms with Crippen molar-refractivity contribution in [3.8, 4) is 5.88 Å². The summed E-state index contributed by atoms with van der Waals surface area (Å²) in [6.45, 7) is 6.88. The quantitative estimate of drug-likeness (QED) is 0.901.